The molecule has 1 saturated heterocycles. The van der Waals surface area contributed by atoms with E-state index in [4.69, 9.17) is 9.31 Å². The molecule has 28 heavy (non-hydrogen) atoms. The van der Waals surface area contributed by atoms with Gasteiger partial charge in [-0.15, -0.1) is 0 Å². The minimum atomic E-state index is -0.326. The summed E-state index contributed by atoms with van der Waals surface area (Å²) in [4.78, 5) is 0. The van der Waals surface area contributed by atoms with Gasteiger partial charge in [-0.05, 0) is 66.2 Å². The number of hydrogen-bond acceptors (Lipinski definition) is 2. The summed E-state index contributed by atoms with van der Waals surface area (Å²) in [7, 11) is -0.326. The lowest BCUT2D eigenvalue weighted by molar-refractivity contribution is 0.00578. The summed E-state index contributed by atoms with van der Waals surface area (Å²) in [5.74, 6) is 0. The van der Waals surface area contributed by atoms with E-state index in [1.807, 2.05) is 0 Å². The van der Waals surface area contributed by atoms with Crippen molar-refractivity contribution in [1.29, 1.82) is 0 Å². The van der Waals surface area contributed by atoms with Gasteiger partial charge in [-0.1, -0.05) is 68.4 Å². The zero-order chi connectivity index (χ0) is 19.9. The highest BCUT2D eigenvalue weighted by molar-refractivity contribution is 6.62. The van der Waals surface area contributed by atoms with Crippen LogP contribution in [0.3, 0.4) is 0 Å². The number of hydrogen-bond donors (Lipinski definition) is 0. The molecule has 0 radical (unpaired) electrons. The molecular weight excluding hydrogens is 343 g/mol. The SMILES string of the molecule is CC1(C)c2ccccc2-c2ccc3cc(B4OC(C)(C)C(C)(C)O4)ccc3c21. The fourth-order valence-corrected chi connectivity index (χ4v) is 4.77. The van der Waals surface area contributed by atoms with Crippen LogP contribution in [0.25, 0.3) is 21.9 Å². The first-order valence-corrected chi connectivity index (χ1v) is 10.1. The van der Waals surface area contributed by atoms with E-state index in [1.54, 1.807) is 0 Å². The molecule has 0 spiro atoms. The van der Waals surface area contributed by atoms with E-state index in [1.165, 1.54) is 33.0 Å². The second-order valence-corrected chi connectivity index (χ2v) is 9.73. The van der Waals surface area contributed by atoms with E-state index in [-0.39, 0.29) is 23.7 Å². The quantitative estimate of drug-likeness (QED) is 0.531. The first kappa shape index (κ1) is 18.0. The molecule has 1 aliphatic carbocycles. The molecule has 0 unspecified atom stereocenters. The van der Waals surface area contributed by atoms with Crippen molar-refractivity contribution in [3.63, 3.8) is 0 Å². The molecule has 2 nitrogen and oxygen atoms in total. The lowest BCUT2D eigenvalue weighted by Gasteiger charge is -2.32. The maximum Gasteiger partial charge on any atom is 0.494 e. The van der Waals surface area contributed by atoms with Crippen molar-refractivity contribution in [3.05, 3.63) is 65.7 Å². The molecule has 0 bridgehead atoms. The van der Waals surface area contributed by atoms with Crippen molar-refractivity contribution in [3.8, 4) is 11.1 Å². The average Bonchev–Trinajstić information content (AvgIpc) is 3.01. The van der Waals surface area contributed by atoms with Crippen LogP contribution in [0.1, 0.15) is 52.7 Å². The highest BCUT2D eigenvalue weighted by Crippen LogP contribution is 2.51. The van der Waals surface area contributed by atoms with Crippen molar-refractivity contribution >= 4 is 23.4 Å². The molecule has 0 atom stereocenters. The van der Waals surface area contributed by atoms with Gasteiger partial charge in [0.1, 0.15) is 0 Å². The first-order chi connectivity index (χ1) is 13.1. The summed E-state index contributed by atoms with van der Waals surface area (Å²) in [6, 6.07) is 20.0. The fraction of sp³-hybridized carbons (Fsp3) is 0.360. The van der Waals surface area contributed by atoms with Crippen molar-refractivity contribution < 1.29 is 9.31 Å². The van der Waals surface area contributed by atoms with Crippen LogP contribution < -0.4 is 5.46 Å². The summed E-state index contributed by atoms with van der Waals surface area (Å²) < 4.78 is 12.5. The van der Waals surface area contributed by atoms with Crippen LogP contribution in [0.4, 0.5) is 0 Å². The molecule has 0 amide bonds. The predicted octanol–water partition coefficient (Wildman–Crippen LogP) is 5.45. The van der Waals surface area contributed by atoms with Gasteiger partial charge in [0.25, 0.3) is 0 Å². The van der Waals surface area contributed by atoms with Gasteiger partial charge in [0.2, 0.25) is 0 Å². The highest BCUT2D eigenvalue weighted by Gasteiger charge is 2.51. The van der Waals surface area contributed by atoms with Crippen molar-refractivity contribution in [2.24, 2.45) is 0 Å². The largest absolute Gasteiger partial charge is 0.494 e. The number of rotatable bonds is 1. The van der Waals surface area contributed by atoms with Crippen molar-refractivity contribution in [2.45, 2.75) is 58.2 Å². The van der Waals surface area contributed by atoms with Crippen LogP contribution >= 0.6 is 0 Å². The molecule has 0 aromatic heterocycles. The van der Waals surface area contributed by atoms with Gasteiger partial charge in [0.15, 0.2) is 0 Å². The third-order valence-corrected chi connectivity index (χ3v) is 7.08. The standard InChI is InChI=1S/C25H27BO2/c1-23(2)21-10-8-7-9-19(21)20-13-11-16-15-17(12-14-18(16)22(20)23)26-27-24(3,4)25(5,6)28-26/h7-15H,1-6H3. The molecule has 1 aliphatic heterocycles. The van der Waals surface area contributed by atoms with E-state index in [9.17, 15) is 0 Å². The van der Waals surface area contributed by atoms with E-state index in [0.717, 1.165) is 5.46 Å². The Morgan fingerprint density at radius 1 is 0.714 bits per heavy atom. The Bertz CT molecular complexity index is 1090. The second kappa shape index (κ2) is 5.49. The molecule has 3 aromatic rings. The van der Waals surface area contributed by atoms with Gasteiger partial charge in [-0.25, -0.2) is 0 Å². The monoisotopic (exact) mass is 370 g/mol. The molecule has 3 heteroatoms. The Morgan fingerprint density at radius 2 is 1.39 bits per heavy atom. The molecule has 142 valence electrons. The first-order valence-electron chi connectivity index (χ1n) is 10.1. The van der Waals surface area contributed by atoms with Gasteiger partial charge >= 0.3 is 7.12 Å². The Morgan fingerprint density at radius 3 is 2.11 bits per heavy atom. The van der Waals surface area contributed by atoms with E-state index >= 15 is 0 Å². The third-order valence-electron chi connectivity index (χ3n) is 7.08. The average molecular weight is 370 g/mol. The lowest BCUT2D eigenvalue weighted by Crippen LogP contribution is -2.41. The molecule has 0 N–H and O–H groups in total. The van der Waals surface area contributed by atoms with Crippen LogP contribution in [-0.2, 0) is 14.7 Å². The summed E-state index contributed by atoms with van der Waals surface area (Å²) in [6.45, 7) is 13.1. The van der Waals surface area contributed by atoms with Gasteiger partial charge in [0.05, 0.1) is 11.2 Å². The summed E-state index contributed by atoms with van der Waals surface area (Å²) in [5.41, 5.74) is 5.98. The molecule has 1 fully saturated rings. The van der Waals surface area contributed by atoms with Gasteiger partial charge in [-0.3, -0.25) is 0 Å². The topological polar surface area (TPSA) is 18.5 Å². The minimum Gasteiger partial charge on any atom is -0.399 e. The van der Waals surface area contributed by atoms with E-state index in [0.29, 0.717) is 0 Å². The van der Waals surface area contributed by atoms with Crippen molar-refractivity contribution in [1.82, 2.24) is 0 Å². The third kappa shape index (κ3) is 2.30. The molecule has 1 heterocycles. The smallest absolute Gasteiger partial charge is 0.399 e. The summed E-state index contributed by atoms with van der Waals surface area (Å²) in [5, 5.41) is 2.56. The van der Waals surface area contributed by atoms with Crippen LogP contribution in [0.5, 0.6) is 0 Å². The normalized spacial score (nSPS) is 21.0. The van der Waals surface area contributed by atoms with Crippen LogP contribution in [-0.4, -0.2) is 18.3 Å². The Labute approximate surface area is 168 Å². The molecular formula is C25H27BO2. The number of fused-ring (bicyclic) bond motifs is 5. The maximum atomic E-state index is 6.26. The Hall–Kier alpha value is -2.10. The Balaban J connectivity index is 1.64. The Kier molecular flexibility index (Phi) is 3.52. The van der Waals surface area contributed by atoms with Crippen LogP contribution in [0.15, 0.2) is 54.6 Å². The van der Waals surface area contributed by atoms with Crippen molar-refractivity contribution in [2.75, 3.05) is 0 Å². The van der Waals surface area contributed by atoms with Gasteiger partial charge < -0.3 is 9.31 Å². The number of benzene rings is 3. The zero-order valence-corrected chi connectivity index (χ0v) is 17.6. The lowest BCUT2D eigenvalue weighted by atomic mass is 9.76. The molecule has 2 aliphatic rings. The summed E-state index contributed by atoms with van der Waals surface area (Å²) >= 11 is 0. The van der Waals surface area contributed by atoms with E-state index in [2.05, 4.69) is 96.1 Å². The zero-order valence-electron chi connectivity index (χ0n) is 17.6. The fourth-order valence-electron chi connectivity index (χ4n) is 4.77. The molecule has 5 rings (SSSR count). The summed E-state index contributed by atoms with van der Waals surface area (Å²) in [6.07, 6.45) is 0. The maximum absolute atomic E-state index is 6.26. The second-order valence-electron chi connectivity index (χ2n) is 9.73. The van der Waals surface area contributed by atoms with Gasteiger partial charge in [-0.2, -0.15) is 0 Å². The van der Waals surface area contributed by atoms with Gasteiger partial charge in [0, 0.05) is 5.41 Å². The highest BCUT2D eigenvalue weighted by atomic mass is 16.7. The predicted molar refractivity (Wildman–Crippen MR) is 117 cm³/mol. The van der Waals surface area contributed by atoms with Crippen LogP contribution in [0.2, 0.25) is 0 Å². The molecule has 0 saturated carbocycles. The van der Waals surface area contributed by atoms with E-state index < -0.39 is 0 Å². The molecule has 3 aromatic carbocycles. The van der Waals surface area contributed by atoms with Crippen LogP contribution in [0, 0.1) is 0 Å². The minimum absolute atomic E-state index is 0.00268.